The third-order valence-corrected chi connectivity index (χ3v) is 7.37. The first-order valence-corrected chi connectivity index (χ1v) is 11.4. The second-order valence-electron chi connectivity index (χ2n) is 9.45. The highest BCUT2D eigenvalue weighted by atomic mass is 16.7. The zero-order valence-electron chi connectivity index (χ0n) is 18.4. The third kappa shape index (κ3) is 3.42. The van der Waals surface area contributed by atoms with Crippen LogP contribution in [0.2, 0.25) is 0 Å². The molecular formula is C24H38O6. The molecule has 1 saturated heterocycles. The molecule has 0 radical (unpaired) electrons. The molecule has 2 aliphatic rings. The molecule has 30 heavy (non-hydrogen) atoms. The van der Waals surface area contributed by atoms with Crippen molar-refractivity contribution in [2.75, 3.05) is 0 Å². The largest absolute Gasteiger partial charge is 0.390 e. The van der Waals surface area contributed by atoms with E-state index in [2.05, 4.69) is 0 Å². The molecule has 4 unspecified atom stereocenters. The first-order chi connectivity index (χ1) is 14.2. The van der Waals surface area contributed by atoms with Crippen molar-refractivity contribution in [1.82, 2.24) is 0 Å². The molecule has 6 heteroatoms. The Hall–Kier alpha value is -1.02. The number of unbranched alkanes of at least 4 members (excludes halogenated alkanes) is 2. The number of aliphatic hydroxyl groups excluding tert-OH is 2. The van der Waals surface area contributed by atoms with Crippen molar-refractivity contribution in [2.24, 2.45) is 5.92 Å². The van der Waals surface area contributed by atoms with E-state index in [1.165, 1.54) is 0 Å². The lowest BCUT2D eigenvalue weighted by atomic mass is 9.47. The van der Waals surface area contributed by atoms with E-state index in [-0.39, 0.29) is 18.8 Å². The number of fused-ring (bicyclic) bond motifs is 1. The number of hydrogen-bond donors (Lipinski definition) is 5. The molecule has 0 amide bonds. The van der Waals surface area contributed by atoms with E-state index < -0.39 is 41.2 Å². The SMILES string of the molecule is CCCCC[C@]1(O)C(O)O[C@@H]2C(O)C(c3ccccc3)[C@]2(O)[C@@]1(O)CC(C)CCC. The highest BCUT2D eigenvalue weighted by Gasteiger charge is 2.80. The number of rotatable bonds is 9. The van der Waals surface area contributed by atoms with Gasteiger partial charge in [-0.05, 0) is 24.3 Å². The van der Waals surface area contributed by atoms with E-state index in [9.17, 15) is 25.5 Å². The molecule has 5 N–H and O–H groups in total. The van der Waals surface area contributed by atoms with Gasteiger partial charge in [-0.25, -0.2) is 0 Å². The Morgan fingerprint density at radius 1 is 1.00 bits per heavy atom. The maximum atomic E-state index is 12.1. The summed E-state index contributed by atoms with van der Waals surface area (Å²) in [7, 11) is 0. The summed E-state index contributed by atoms with van der Waals surface area (Å²) in [4.78, 5) is 0. The molecule has 1 aliphatic carbocycles. The van der Waals surface area contributed by atoms with Gasteiger partial charge in [-0.15, -0.1) is 0 Å². The molecule has 6 nitrogen and oxygen atoms in total. The minimum atomic E-state index is -2.04. The van der Waals surface area contributed by atoms with Crippen molar-refractivity contribution < 1.29 is 30.3 Å². The quantitative estimate of drug-likeness (QED) is 0.391. The molecule has 170 valence electrons. The van der Waals surface area contributed by atoms with Gasteiger partial charge in [0.15, 0.2) is 6.29 Å². The number of hydrogen-bond acceptors (Lipinski definition) is 6. The predicted molar refractivity (Wildman–Crippen MR) is 114 cm³/mol. The fourth-order valence-electron chi connectivity index (χ4n) is 5.76. The van der Waals surface area contributed by atoms with Crippen molar-refractivity contribution in [2.45, 2.75) is 107 Å². The van der Waals surface area contributed by atoms with Crippen LogP contribution in [0.1, 0.15) is 77.2 Å². The number of ether oxygens (including phenoxy) is 1. The highest BCUT2D eigenvalue weighted by Crippen LogP contribution is 2.62. The summed E-state index contributed by atoms with van der Waals surface area (Å²) in [6, 6.07) is 9.04. The summed E-state index contributed by atoms with van der Waals surface area (Å²) in [5.41, 5.74) is -5.33. The van der Waals surface area contributed by atoms with Gasteiger partial charge >= 0.3 is 0 Å². The van der Waals surface area contributed by atoms with Crippen LogP contribution >= 0.6 is 0 Å². The van der Waals surface area contributed by atoms with Gasteiger partial charge in [0.1, 0.15) is 22.9 Å². The van der Waals surface area contributed by atoms with E-state index in [1.807, 2.05) is 39.0 Å². The van der Waals surface area contributed by atoms with Gasteiger partial charge < -0.3 is 30.3 Å². The zero-order chi connectivity index (χ0) is 22.2. The van der Waals surface area contributed by atoms with Crippen LogP contribution in [0.3, 0.4) is 0 Å². The predicted octanol–water partition coefficient (Wildman–Crippen LogP) is 2.46. The van der Waals surface area contributed by atoms with E-state index in [1.54, 1.807) is 12.1 Å². The third-order valence-electron chi connectivity index (χ3n) is 7.37. The molecule has 3 rings (SSSR count). The standard InChI is InChI=1S/C24H38O6/c1-4-6-10-14-22(27)21(26)30-20-19(25)18(17-12-8-7-9-13-17)24(20,29)23(22,28)15-16(3)11-5-2/h7-9,12-13,16,18-21,25-29H,4-6,10-11,14-15H2,1-3H3/t16?,18?,19?,20-,21?,22+,23-,24-/m1/s1. The van der Waals surface area contributed by atoms with Gasteiger partial charge in [-0.2, -0.15) is 0 Å². The molecule has 2 fully saturated rings. The Labute approximate surface area is 179 Å². The molecule has 1 aromatic carbocycles. The van der Waals surface area contributed by atoms with E-state index in [0.29, 0.717) is 12.0 Å². The van der Waals surface area contributed by atoms with Crippen LogP contribution in [0.15, 0.2) is 30.3 Å². The minimum Gasteiger partial charge on any atom is -0.390 e. The van der Waals surface area contributed by atoms with Gasteiger partial charge in [0.05, 0.1) is 6.10 Å². The maximum absolute atomic E-state index is 12.1. The lowest BCUT2D eigenvalue weighted by Crippen LogP contribution is -2.89. The van der Waals surface area contributed by atoms with Crippen molar-refractivity contribution in [1.29, 1.82) is 0 Å². The van der Waals surface area contributed by atoms with Gasteiger partial charge in [-0.1, -0.05) is 83.2 Å². The van der Waals surface area contributed by atoms with E-state index >= 15 is 0 Å². The van der Waals surface area contributed by atoms with Gasteiger partial charge in [-0.3, -0.25) is 0 Å². The first-order valence-electron chi connectivity index (χ1n) is 11.4. The van der Waals surface area contributed by atoms with Crippen LogP contribution in [0.4, 0.5) is 0 Å². The van der Waals surface area contributed by atoms with Crippen molar-refractivity contribution in [3.63, 3.8) is 0 Å². The summed E-state index contributed by atoms with van der Waals surface area (Å²) < 4.78 is 5.58. The van der Waals surface area contributed by atoms with Crippen LogP contribution in [-0.2, 0) is 4.74 Å². The van der Waals surface area contributed by atoms with Crippen molar-refractivity contribution in [3.05, 3.63) is 35.9 Å². The molecular weight excluding hydrogens is 384 g/mol. The zero-order valence-corrected chi connectivity index (χ0v) is 18.4. The Morgan fingerprint density at radius 3 is 2.27 bits per heavy atom. The molecule has 0 spiro atoms. The Morgan fingerprint density at radius 2 is 1.67 bits per heavy atom. The molecule has 1 saturated carbocycles. The summed E-state index contributed by atoms with van der Waals surface area (Å²) in [6.45, 7) is 6.05. The van der Waals surface area contributed by atoms with Crippen LogP contribution in [0.25, 0.3) is 0 Å². The topological polar surface area (TPSA) is 110 Å². The summed E-state index contributed by atoms with van der Waals surface area (Å²) in [5.74, 6) is -0.824. The second kappa shape index (κ2) is 8.85. The lowest BCUT2D eigenvalue weighted by molar-refractivity contribution is -0.444. The molecule has 0 bridgehead atoms. The van der Waals surface area contributed by atoms with Crippen LogP contribution in [0.5, 0.6) is 0 Å². The van der Waals surface area contributed by atoms with Gasteiger partial charge in [0.2, 0.25) is 0 Å². The highest BCUT2D eigenvalue weighted by molar-refractivity contribution is 5.39. The Balaban J connectivity index is 2.07. The van der Waals surface area contributed by atoms with E-state index in [0.717, 1.165) is 25.7 Å². The van der Waals surface area contributed by atoms with Crippen molar-refractivity contribution in [3.8, 4) is 0 Å². The van der Waals surface area contributed by atoms with Gasteiger partial charge in [0, 0.05) is 5.92 Å². The summed E-state index contributed by atoms with van der Waals surface area (Å²) in [6.07, 6.45) is 0.264. The molecule has 1 aliphatic heterocycles. The number of benzene rings is 1. The van der Waals surface area contributed by atoms with E-state index in [4.69, 9.17) is 4.74 Å². The van der Waals surface area contributed by atoms with Crippen LogP contribution in [-0.4, -0.2) is 60.8 Å². The summed E-state index contributed by atoms with van der Waals surface area (Å²) in [5, 5.41) is 57.3. The first kappa shape index (κ1) is 23.6. The van der Waals surface area contributed by atoms with Crippen LogP contribution < -0.4 is 0 Å². The maximum Gasteiger partial charge on any atom is 0.187 e. The average molecular weight is 423 g/mol. The molecule has 1 aromatic rings. The smallest absolute Gasteiger partial charge is 0.187 e. The molecule has 8 atom stereocenters. The Kier molecular flexibility index (Phi) is 6.97. The monoisotopic (exact) mass is 422 g/mol. The minimum absolute atomic E-state index is 0.00170. The normalized spacial score (nSPS) is 41.7. The second-order valence-corrected chi connectivity index (χ2v) is 9.45. The number of aliphatic hydroxyl groups is 5. The lowest BCUT2D eigenvalue weighted by Gasteiger charge is -2.69. The fourth-order valence-corrected chi connectivity index (χ4v) is 5.76. The summed E-state index contributed by atoms with van der Waals surface area (Å²) >= 11 is 0. The van der Waals surface area contributed by atoms with Crippen molar-refractivity contribution >= 4 is 0 Å². The average Bonchev–Trinajstić information content (AvgIpc) is 2.71. The molecule has 0 aromatic heterocycles. The van der Waals surface area contributed by atoms with Gasteiger partial charge in [0.25, 0.3) is 0 Å². The molecule has 1 heterocycles. The Bertz CT molecular complexity index is 698. The fraction of sp³-hybridized carbons (Fsp3) is 0.750. The van der Waals surface area contributed by atoms with Crippen LogP contribution in [0, 0.1) is 5.92 Å².